The van der Waals surface area contributed by atoms with Crippen molar-refractivity contribution >= 4 is 34.0 Å². The molecule has 7 nitrogen and oxygen atoms in total. The van der Waals surface area contributed by atoms with Gasteiger partial charge in [0.15, 0.2) is 0 Å². The van der Waals surface area contributed by atoms with Crippen LogP contribution in [0.5, 0.6) is 5.75 Å². The van der Waals surface area contributed by atoms with Gasteiger partial charge in [-0.1, -0.05) is 48.6 Å². The number of carbonyl (C=O) groups is 2. The lowest BCUT2D eigenvalue weighted by molar-refractivity contribution is -0.117. The van der Waals surface area contributed by atoms with Crippen LogP contribution >= 0.6 is 11.3 Å². The maximum absolute atomic E-state index is 12.7. The highest BCUT2D eigenvalue weighted by atomic mass is 32.1. The summed E-state index contributed by atoms with van der Waals surface area (Å²) >= 11 is 1.34. The fraction of sp³-hybridized carbons (Fsp3) is 0.333. The van der Waals surface area contributed by atoms with Crippen molar-refractivity contribution in [3.63, 3.8) is 0 Å². The van der Waals surface area contributed by atoms with E-state index in [1.165, 1.54) is 11.3 Å². The van der Waals surface area contributed by atoms with E-state index in [1.807, 2.05) is 47.4 Å². The monoisotopic (exact) mass is 450 g/mol. The number of amides is 2. The minimum Gasteiger partial charge on any atom is -0.497 e. The summed E-state index contributed by atoms with van der Waals surface area (Å²) in [7, 11) is 1.63. The number of benzene rings is 2. The summed E-state index contributed by atoms with van der Waals surface area (Å²) in [5.41, 5.74) is 3.19. The molecule has 32 heavy (non-hydrogen) atoms. The maximum Gasteiger partial charge on any atom is 0.227 e. The molecule has 4 rings (SSSR count). The number of nitrogens with zero attached hydrogens (tertiary/aromatic N) is 3. The molecule has 0 bridgehead atoms. The van der Waals surface area contributed by atoms with E-state index in [1.54, 1.807) is 7.11 Å². The minimum atomic E-state index is -0.107. The first-order chi connectivity index (χ1) is 15.6. The van der Waals surface area contributed by atoms with Crippen LogP contribution < -0.4 is 15.0 Å². The second-order valence-electron chi connectivity index (χ2n) is 7.73. The van der Waals surface area contributed by atoms with Crippen molar-refractivity contribution in [2.24, 2.45) is 0 Å². The fourth-order valence-electron chi connectivity index (χ4n) is 3.86. The SMILES string of the molecule is CCc1ccccc1N1C[C@H](c2nnc(NC(=O)CCc3ccc(OC)cc3)s2)CC1=O. The molecule has 1 fully saturated rings. The smallest absolute Gasteiger partial charge is 0.227 e. The highest BCUT2D eigenvalue weighted by Gasteiger charge is 2.34. The molecule has 1 atom stereocenters. The molecule has 1 aliphatic rings. The van der Waals surface area contributed by atoms with Crippen molar-refractivity contribution in [2.45, 2.75) is 38.5 Å². The third-order valence-electron chi connectivity index (χ3n) is 5.62. The highest BCUT2D eigenvalue weighted by Crippen LogP contribution is 2.35. The number of aryl methyl sites for hydroxylation is 2. The van der Waals surface area contributed by atoms with E-state index in [2.05, 4.69) is 28.5 Å². The number of nitrogens with one attached hydrogen (secondary N) is 1. The Morgan fingerprint density at radius 1 is 1.19 bits per heavy atom. The van der Waals surface area contributed by atoms with Crippen LogP contribution in [0, 0.1) is 0 Å². The summed E-state index contributed by atoms with van der Waals surface area (Å²) < 4.78 is 5.15. The molecule has 166 valence electrons. The lowest BCUT2D eigenvalue weighted by Gasteiger charge is -2.19. The third-order valence-corrected chi connectivity index (χ3v) is 6.63. The first-order valence-electron chi connectivity index (χ1n) is 10.7. The number of carbonyl (C=O) groups excluding carboxylic acids is 2. The first kappa shape index (κ1) is 22.0. The van der Waals surface area contributed by atoms with Gasteiger partial charge in [-0.05, 0) is 42.2 Å². The van der Waals surface area contributed by atoms with Gasteiger partial charge in [-0.25, -0.2) is 0 Å². The standard InChI is InChI=1S/C24H26N4O3S/c1-3-17-6-4-5-7-20(17)28-15-18(14-22(28)30)23-26-27-24(32-23)25-21(29)13-10-16-8-11-19(31-2)12-9-16/h4-9,11-12,18H,3,10,13-15H2,1-2H3,(H,25,27,29)/t18-/m1/s1. The van der Waals surface area contributed by atoms with Crippen molar-refractivity contribution in [2.75, 3.05) is 23.9 Å². The normalized spacial score (nSPS) is 15.8. The number of ether oxygens (including phenoxy) is 1. The van der Waals surface area contributed by atoms with Gasteiger partial charge in [-0.15, -0.1) is 10.2 Å². The average Bonchev–Trinajstić information content (AvgIpc) is 3.44. The lowest BCUT2D eigenvalue weighted by atomic mass is 10.1. The van der Waals surface area contributed by atoms with Crippen LogP contribution in [-0.2, 0) is 22.4 Å². The molecule has 2 aromatic carbocycles. The van der Waals surface area contributed by atoms with Crippen molar-refractivity contribution in [1.82, 2.24) is 10.2 Å². The fourth-order valence-corrected chi connectivity index (χ4v) is 4.71. The minimum absolute atomic E-state index is 0.0186. The Morgan fingerprint density at radius 2 is 1.97 bits per heavy atom. The summed E-state index contributed by atoms with van der Waals surface area (Å²) in [6.07, 6.45) is 2.25. The molecule has 3 aromatic rings. The summed E-state index contributed by atoms with van der Waals surface area (Å²) in [5.74, 6) is 0.761. The molecule has 2 amide bonds. The van der Waals surface area contributed by atoms with Crippen LogP contribution in [0.4, 0.5) is 10.8 Å². The third kappa shape index (κ3) is 4.96. The van der Waals surface area contributed by atoms with Crippen molar-refractivity contribution in [3.8, 4) is 5.75 Å². The highest BCUT2D eigenvalue weighted by molar-refractivity contribution is 7.15. The van der Waals surface area contributed by atoms with Gasteiger partial charge in [0.2, 0.25) is 16.9 Å². The Hall–Kier alpha value is -3.26. The number of anilines is 2. The number of aromatic nitrogens is 2. The second kappa shape index (κ2) is 9.91. The zero-order valence-corrected chi connectivity index (χ0v) is 19.0. The van der Waals surface area contributed by atoms with E-state index in [0.717, 1.165) is 34.0 Å². The van der Waals surface area contributed by atoms with E-state index in [0.29, 0.717) is 30.9 Å². The molecule has 1 aliphatic heterocycles. The van der Waals surface area contributed by atoms with Gasteiger partial charge in [0.1, 0.15) is 10.8 Å². The van der Waals surface area contributed by atoms with Crippen LogP contribution in [0.3, 0.4) is 0 Å². The quantitative estimate of drug-likeness (QED) is 0.556. The summed E-state index contributed by atoms with van der Waals surface area (Å²) in [5, 5.41) is 12.5. The van der Waals surface area contributed by atoms with Crippen molar-refractivity contribution in [1.29, 1.82) is 0 Å². The second-order valence-corrected chi connectivity index (χ2v) is 8.74. The summed E-state index contributed by atoms with van der Waals surface area (Å²) in [6, 6.07) is 15.7. The number of hydrogen-bond donors (Lipinski definition) is 1. The van der Waals surface area contributed by atoms with Gasteiger partial charge in [-0.2, -0.15) is 0 Å². The number of hydrogen-bond acceptors (Lipinski definition) is 6. The lowest BCUT2D eigenvalue weighted by Crippen LogP contribution is -2.25. The molecular weight excluding hydrogens is 424 g/mol. The van der Waals surface area contributed by atoms with E-state index in [-0.39, 0.29) is 17.7 Å². The van der Waals surface area contributed by atoms with E-state index in [9.17, 15) is 9.59 Å². The molecule has 1 saturated heterocycles. The molecule has 0 saturated carbocycles. The van der Waals surface area contributed by atoms with Gasteiger partial charge in [-0.3, -0.25) is 9.59 Å². The molecule has 1 aromatic heterocycles. The summed E-state index contributed by atoms with van der Waals surface area (Å²) in [6.45, 7) is 2.67. The molecule has 0 radical (unpaired) electrons. The Labute approximate surface area is 191 Å². The molecule has 8 heteroatoms. The Kier molecular flexibility index (Phi) is 6.80. The van der Waals surface area contributed by atoms with Crippen LogP contribution in [0.1, 0.15) is 41.8 Å². The van der Waals surface area contributed by atoms with Crippen LogP contribution in [-0.4, -0.2) is 35.7 Å². The van der Waals surface area contributed by atoms with Gasteiger partial charge in [0, 0.05) is 31.0 Å². The van der Waals surface area contributed by atoms with E-state index in [4.69, 9.17) is 4.74 Å². The van der Waals surface area contributed by atoms with Crippen LogP contribution in [0.25, 0.3) is 0 Å². The number of rotatable bonds is 8. The van der Waals surface area contributed by atoms with Gasteiger partial charge < -0.3 is 15.0 Å². The van der Waals surface area contributed by atoms with Gasteiger partial charge in [0.25, 0.3) is 0 Å². The topological polar surface area (TPSA) is 84.4 Å². The Morgan fingerprint density at radius 3 is 2.72 bits per heavy atom. The largest absolute Gasteiger partial charge is 0.497 e. The average molecular weight is 451 g/mol. The van der Waals surface area contributed by atoms with Gasteiger partial charge in [0.05, 0.1) is 7.11 Å². The maximum atomic E-state index is 12.7. The summed E-state index contributed by atoms with van der Waals surface area (Å²) in [4.78, 5) is 26.9. The predicted octanol–water partition coefficient (Wildman–Crippen LogP) is 4.20. The Bertz CT molecular complexity index is 1100. The first-order valence-corrected chi connectivity index (χ1v) is 11.5. The van der Waals surface area contributed by atoms with Gasteiger partial charge >= 0.3 is 0 Å². The number of methoxy groups -OCH3 is 1. The van der Waals surface area contributed by atoms with E-state index < -0.39 is 0 Å². The molecule has 0 unspecified atom stereocenters. The Balaban J connectivity index is 1.34. The van der Waals surface area contributed by atoms with Crippen LogP contribution in [0.15, 0.2) is 48.5 Å². The van der Waals surface area contributed by atoms with Crippen molar-refractivity contribution < 1.29 is 14.3 Å². The zero-order valence-electron chi connectivity index (χ0n) is 18.2. The van der Waals surface area contributed by atoms with Crippen LogP contribution in [0.2, 0.25) is 0 Å². The van der Waals surface area contributed by atoms with E-state index >= 15 is 0 Å². The molecule has 0 aliphatic carbocycles. The number of para-hydroxylation sites is 1. The molecular formula is C24H26N4O3S. The van der Waals surface area contributed by atoms with Crippen molar-refractivity contribution in [3.05, 3.63) is 64.7 Å². The molecule has 0 spiro atoms. The molecule has 2 heterocycles. The zero-order chi connectivity index (χ0) is 22.5. The molecule has 1 N–H and O–H groups in total. The predicted molar refractivity (Wildman–Crippen MR) is 125 cm³/mol.